The molecule has 2 amide bonds. The number of hydrogen-bond donors (Lipinski definition) is 2. The molecule has 0 bridgehead atoms. The highest BCUT2D eigenvalue weighted by Gasteiger charge is 2.40. The highest BCUT2D eigenvalue weighted by atomic mass is 28.3. The van der Waals surface area contributed by atoms with Gasteiger partial charge in [0.1, 0.15) is 18.1 Å². The molecule has 2 aromatic heterocycles. The molecule has 0 unspecified atom stereocenters. The smallest absolute Gasteiger partial charge is 0.395 e. The second-order valence-corrected chi connectivity index (χ2v) is 17.1. The van der Waals surface area contributed by atoms with Crippen LogP contribution < -0.4 is 15.4 Å². The number of urea groups is 1. The van der Waals surface area contributed by atoms with E-state index in [1.165, 1.54) is 23.0 Å². The molecular formula is C27H32F6N4O4Si. The van der Waals surface area contributed by atoms with Gasteiger partial charge in [-0.1, -0.05) is 19.6 Å². The van der Waals surface area contributed by atoms with Crippen LogP contribution in [0, 0.1) is 11.6 Å². The van der Waals surface area contributed by atoms with Crippen molar-refractivity contribution in [1.82, 2.24) is 14.9 Å². The minimum atomic E-state index is -4.62. The molecule has 2 N–H and O–H groups in total. The second-order valence-electron chi connectivity index (χ2n) is 11.5. The van der Waals surface area contributed by atoms with Crippen LogP contribution in [-0.2, 0) is 16.2 Å². The highest BCUT2D eigenvalue weighted by molar-refractivity contribution is 6.76. The van der Waals surface area contributed by atoms with Gasteiger partial charge in [0.25, 0.3) is 0 Å². The summed E-state index contributed by atoms with van der Waals surface area (Å²) in [4.78, 5) is 16.3. The predicted octanol–water partition coefficient (Wildman–Crippen LogP) is 6.94. The molecule has 8 nitrogen and oxygen atoms in total. The number of nitrogens with zero attached hydrogens (tertiary/aromatic N) is 2. The molecule has 0 spiro atoms. The van der Waals surface area contributed by atoms with Gasteiger partial charge < -0.3 is 29.4 Å². The van der Waals surface area contributed by atoms with Gasteiger partial charge in [-0.25, -0.2) is 22.9 Å². The summed E-state index contributed by atoms with van der Waals surface area (Å²) >= 11 is 0. The number of benzene rings is 1. The fourth-order valence-corrected chi connectivity index (χ4v) is 4.88. The van der Waals surface area contributed by atoms with Gasteiger partial charge in [0.2, 0.25) is 0 Å². The molecule has 42 heavy (non-hydrogen) atoms. The molecule has 3 aromatic rings. The number of amides is 2. The fourth-order valence-electron chi connectivity index (χ4n) is 4.12. The van der Waals surface area contributed by atoms with E-state index in [-0.39, 0.29) is 54.5 Å². The monoisotopic (exact) mass is 618 g/mol. The molecule has 1 aliphatic rings. The number of nitrogens with one attached hydrogen (secondary N) is 2. The number of alkyl halides is 4. The van der Waals surface area contributed by atoms with Gasteiger partial charge in [0.05, 0.1) is 31.1 Å². The number of carbonyl (C=O) groups is 1. The van der Waals surface area contributed by atoms with Crippen LogP contribution in [0.3, 0.4) is 0 Å². The van der Waals surface area contributed by atoms with Crippen LogP contribution in [0.4, 0.5) is 36.8 Å². The SMILES string of the molecule is C[C@H](c1cn(COCC[Si](C)(C)C)c2nccc(Oc3c(F)cc(NC(=O)NCC4(F)COC4)cc3F)c12)C(F)(F)F. The van der Waals surface area contributed by atoms with Crippen molar-refractivity contribution in [3.8, 4) is 11.5 Å². The maximum atomic E-state index is 15.0. The molecular weight excluding hydrogens is 586 g/mol. The second kappa shape index (κ2) is 12.1. The lowest BCUT2D eigenvalue weighted by atomic mass is 10.0. The number of halogens is 6. The van der Waals surface area contributed by atoms with Crippen molar-refractivity contribution >= 4 is 30.8 Å². The third-order valence-corrected chi connectivity index (χ3v) is 8.39. The van der Waals surface area contributed by atoms with Crippen LogP contribution in [0.15, 0.2) is 30.6 Å². The van der Waals surface area contributed by atoms with Crippen molar-refractivity contribution in [2.45, 2.75) is 57.1 Å². The summed E-state index contributed by atoms with van der Waals surface area (Å²) in [6.45, 7) is 7.08. The van der Waals surface area contributed by atoms with Crippen molar-refractivity contribution in [2.75, 3.05) is 31.7 Å². The van der Waals surface area contributed by atoms with Crippen molar-refractivity contribution < 1.29 is 45.3 Å². The first-order valence-electron chi connectivity index (χ1n) is 13.2. The van der Waals surface area contributed by atoms with Gasteiger partial charge in [-0.3, -0.25) is 0 Å². The lowest BCUT2D eigenvalue weighted by Gasteiger charge is -2.33. The molecule has 1 saturated heterocycles. The number of carbonyl (C=O) groups excluding carboxylic acids is 1. The average molecular weight is 619 g/mol. The van der Waals surface area contributed by atoms with E-state index >= 15 is 8.78 Å². The Hall–Kier alpha value is -3.30. The summed E-state index contributed by atoms with van der Waals surface area (Å²) in [6.07, 6.45) is -2.12. The van der Waals surface area contributed by atoms with Gasteiger partial charge >= 0.3 is 12.2 Å². The number of fused-ring (bicyclic) bond motifs is 1. The lowest BCUT2D eigenvalue weighted by Crippen LogP contribution is -2.54. The van der Waals surface area contributed by atoms with Gasteiger partial charge in [-0.2, -0.15) is 13.2 Å². The molecule has 0 aliphatic carbocycles. The average Bonchev–Trinajstić information content (AvgIpc) is 3.24. The minimum absolute atomic E-state index is 0.0726. The van der Waals surface area contributed by atoms with Gasteiger partial charge in [-0.05, 0) is 24.6 Å². The summed E-state index contributed by atoms with van der Waals surface area (Å²) < 4.78 is 103. The normalized spacial score (nSPS) is 15.8. The molecule has 4 rings (SSSR count). The number of ether oxygens (including phenoxy) is 3. The molecule has 0 saturated carbocycles. The van der Waals surface area contributed by atoms with Crippen LogP contribution >= 0.6 is 0 Å². The highest BCUT2D eigenvalue weighted by Crippen LogP contribution is 2.43. The quantitative estimate of drug-likeness (QED) is 0.138. The van der Waals surface area contributed by atoms with E-state index in [0.717, 1.165) is 25.1 Å². The van der Waals surface area contributed by atoms with E-state index < -0.39 is 49.3 Å². The predicted molar refractivity (Wildman–Crippen MR) is 146 cm³/mol. The third kappa shape index (κ3) is 7.55. The van der Waals surface area contributed by atoms with E-state index in [1.54, 1.807) is 0 Å². The Morgan fingerprint density at radius 2 is 1.88 bits per heavy atom. The summed E-state index contributed by atoms with van der Waals surface area (Å²) in [7, 11) is -1.41. The van der Waals surface area contributed by atoms with Crippen LogP contribution in [0.2, 0.25) is 25.7 Å². The number of hydrogen-bond acceptors (Lipinski definition) is 5. The standard InChI is InChI=1S/C27H32F6N4O4Si/c1-16(27(31,32)33)18-11-37(15-39-7-8-42(2,3)4)24-22(18)21(5-6-34-24)41-23-19(28)9-17(10-20(23)29)36-25(38)35-12-26(30)13-40-14-26/h5-6,9-11,16H,7-8,12-15H2,1-4H3,(H2,35,36,38)/t16-/m1/s1. The molecule has 1 aromatic carbocycles. The third-order valence-electron chi connectivity index (χ3n) is 6.69. The molecule has 0 radical (unpaired) electrons. The van der Waals surface area contributed by atoms with Crippen molar-refractivity contribution in [2.24, 2.45) is 0 Å². The maximum Gasteiger partial charge on any atom is 0.395 e. The van der Waals surface area contributed by atoms with E-state index in [0.29, 0.717) is 6.61 Å². The summed E-state index contributed by atoms with van der Waals surface area (Å²) in [5.41, 5.74) is -2.11. The number of aromatic nitrogens is 2. The van der Waals surface area contributed by atoms with E-state index in [9.17, 15) is 22.4 Å². The Labute approximate surface area is 239 Å². The summed E-state index contributed by atoms with van der Waals surface area (Å²) in [6, 6.07) is 2.69. The molecule has 1 aliphatic heterocycles. The zero-order valence-corrected chi connectivity index (χ0v) is 24.5. The van der Waals surface area contributed by atoms with E-state index in [1.807, 2.05) is 0 Å². The lowest BCUT2D eigenvalue weighted by molar-refractivity contribution is -0.146. The van der Waals surface area contributed by atoms with Crippen LogP contribution in [0.25, 0.3) is 11.0 Å². The molecule has 3 heterocycles. The summed E-state index contributed by atoms with van der Waals surface area (Å²) in [5.74, 6) is -5.57. The van der Waals surface area contributed by atoms with Gasteiger partial charge in [0, 0.05) is 44.9 Å². The number of pyridine rings is 1. The fraction of sp³-hybridized carbons (Fsp3) is 0.481. The number of rotatable bonds is 11. The topological polar surface area (TPSA) is 86.6 Å². The van der Waals surface area contributed by atoms with Crippen LogP contribution in [0.1, 0.15) is 18.4 Å². The number of anilines is 1. The first-order chi connectivity index (χ1) is 19.6. The van der Waals surface area contributed by atoms with Crippen molar-refractivity contribution in [1.29, 1.82) is 0 Å². The Balaban J connectivity index is 1.59. The van der Waals surface area contributed by atoms with Crippen LogP contribution in [0.5, 0.6) is 11.5 Å². The molecule has 15 heteroatoms. The van der Waals surface area contributed by atoms with Crippen molar-refractivity contribution in [3.05, 3.63) is 47.8 Å². The Morgan fingerprint density at radius 3 is 2.45 bits per heavy atom. The Kier molecular flexibility index (Phi) is 9.13. The molecule has 1 fully saturated rings. The Bertz CT molecular complexity index is 1420. The van der Waals surface area contributed by atoms with E-state index in [4.69, 9.17) is 14.2 Å². The molecule has 1 atom stereocenters. The first kappa shape index (κ1) is 31.6. The largest absolute Gasteiger partial charge is 0.450 e. The minimum Gasteiger partial charge on any atom is -0.450 e. The molecule has 230 valence electrons. The van der Waals surface area contributed by atoms with E-state index in [2.05, 4.69) is 35.3 Å². The van der Waals surface area contributed by atoms with Gasteiger partial charge in [-0.15, -0.1) is 0 Å². The summed E-state index contributed by atoms with van der Waals surface area (Å²) in [5, 5.41) is 4.38. The van der Waals surface area contributed by atoms with Crippen LogP contribution in [-0.4, -0.2) is 61.9 Å². The zero-order valence-electron chi connectivity index (χ0n) is 23.5. The maximum absolute atomic E-state index is 15.0. The first-order valence-corrected chi connectivity index (χ1v) is 16.9. The Morgan fingerprint density at radius 1 is 1.21 bits per heavy atom. The van der Waals surface area contributed by atoms with Gasteiger partial charge in [0.15, 0.2) is 23.1 Å². The zero-order chi connectivity index (χ0) is 30.9. The van der Waals surface area contributed by atoms with Crippen molar-refractivity contribution in [3.63, 3.8) is 0 Å².